The molecule has 5 N–H and O–H groups in total. The molecule has 21 heavy (non-hydrogen) atoms. The molecule has 0 radical (unpaired) electrons. The molecule has 0 spiro atoms. The van der Waals surface area contributed by atoms with E-state index in [1.807, 2.05) is 0 Å². The Kier molecular flexibility index (Phi) is 5.27. The molecule has 1 aromatic rings. The van der Waals surface area contributed by atoms with Gasteiger partial charge in [0.15, 0.2) is 5.75 Å². The Bertz CT molecular complexity index is 497. The molecule has 1 aliphatic heterocycles. The smallest absolute Gasteiger partial charge is 0.261 e. The number of nitrogens with one attached hydrogen (secondary N) is 1. The van der Waals surface area contributed by atoms with E-state index in [-0.39, 0.29) is 0 Å². The van der Waals surface area contributed by atoms with Crippen LogP contribution in [0.15, 0.2) is 0 Å². The number of carbonyl (C=O) groups is 1. The lowest BCUT2D eigenvalue weighted by Gasteiger charge is -2.32. The van der Waals surface area contributed by atoms with Crippen LogP contribution in [0.25, 0.3) is 0 Å². The van der Waals surface area contributed by atoms with E-state index >= 15 is 0 Å². The first-order chi connectivity index (χ1) is 10.0. The first-order valence-corrected chi connectivity index (χ1v) is 7.75. The molecule has 118 valence electrons. The zero-order valence-electron chi connectivity index (χ0n) is 12.5. The number of amides is 1. The average molecular weight is 313 g/mol. The van der Waals surface area contributed by atoms with E-state index in [1.54, 1.807) is 0 Å². The number of anilines is 2. The van der Waals surface area contributed by atoms with Gasteiger partial charge in [0.05, 0.1) is 7.11 Å². The summed E-state index contributed by atoms with van der Waals surface area (Å²) in [7, 11) is 3.68. The molecule has 8 heteroatoms. The highest BCUT2D eigenvalue weighted by atomic mass is 32.1. The van der Waals surface area contributed by atoms with Gasteiger partial charge in [0.1, 0.15) is 15.6 Å². The van der Waals surface area contributed by atoms with Gasteiger partial charge >= 0.3 is 0 Å². The third kappa shape index (κ3) is 3.78. The second kappa shape index (κ2) is 6.97. The molecule has 1 saturated heterocycles. The highest BCUT2D eigenvalue weighted by molar-refractivity contribution is 7.19. The van der Waals surface area contributed by atoms with Crippen LogP contribution in [0.3, 0.4) is 0 Å². The summed E-state index contributed by atoms with van der Waals surface area (Å²) in [5.41, 5.74) is 11.5. The SMILES string of the molecule is COc1c(NCCN2CCN(C)CC2)sc(C(N)=O)c1N. The monoisotopic (exact) mass is 313 g/mol. The van der Waals surface area contributed by atoms with Crippen LogP contribution in [-0.4, -0.2) is 69.1 Å². The molecule has 0 bridgehead atoms. The van der Waals surface area contributed by atoms with Crippen molar-refractivity contribution in [1.29, 1.82) is 0 Å². The molecule has 0 atom stereocenters. The van der Waals surface area contributed by atoms with Crippen molar-refractivity contribution in [3.8, 4) is 5.75 Å². The number of rotatable bonds is 6. The predicted molar refractivity (Wildman–Crippen MR) is 86.2 cm³/mol. The molecular formula is C13H23N5O2S. The Morgan fingerprint density at radius 3 is 2.62 bits per heavy atom. The van der Waals surface area contributed by atoms with Gasteiger partial charge in [-0.15, -0.1) is 11.3 Å². The number of carbonyl (C=O) groups excluding carboxylic acids is 1. The number of nitrogens with zero attached hydrogens (tertiary/aromatic N) is 2. The van der Waals surface area contributed by atoms with E-state index in [0.717, 1.165) is 44.3 Å². The number of nitrogen functional groups attached to an aromatic ring is 1. The van der Waals surface area contributed by atoms with Gasteiger partial charge in [-0.25, -0.2) is 0 Å². The summed E-state index contributed by atoms with van der Waals surface area (Å²) in [6.07, 6.45) is 0. The fourth-order valence-electron chi connectivity index (χ4n) is 2.33. The molecule has 0 aliphatic carbocycles. The zero-order valence-corrected chi connectivity index (χ0v) is 13.3. The lowest BCUT2D eigenvalue weighted by atomic mass is 10.3. The van der Waals surface area contributed by atoms with Crippen molar-refractivity contribution in [2.24, 2.45) is 5.73 Å². The van der Waals surface area contributed by atoms with Crippen molar-refractivity contribution in [2.75, 3.05) is 64.5 Å². The minimum Gasteiger partial charge on any atom is -0.492 e. The lowest BCUT2D eigenvalue weighted by Crippen LogP contribution is -2.45. The molecule has 1 aromatic heterocycles. The summed E-state index contributed by atoms with van der Waals surface area (Å²) in [4.78, 5) is 16.4. The van der Waals surface area contributed by atoms with Crippen LogP contribution >= 0.6 is 11.3 Å². The average Bonchev–Trinajstić information content (AvgIpc) is 2.77. The van der Waals surface area contributed by atoms with Gasteiger partial charge in [0.25, 0.3) is 5.91 Å². The second-order valence-corrected chi connectivity index (χ2v) is 6.16. The van der Waals surface area contributed by atoms with E-state index in [2.05, 4.69) is 22.2 Å². The summed E-state index contributed by atoms with van der Waals surface area (Å²) >= 11 is 1.24. The topological polar surface area (TPSA) is 96.9 Å². The minimum absolute atomic E-state index is 0.317. The summed E-state index contributed by atoms with van der Waals surface area (Å²) in [5, 5.41) is 4.05. The Morgan fingerprint density at radius 2 is 2.05 bits per heavy atom. The standard InChI is InChI=1S/C13H23N5O2S/c1-17-5-7-18(8-6-17)4-3-16-13-10(20-2)9(14)11(21-13)12(15)19/h16H,3-8,14H2,1-2H3,(H2,15,19). The molecule has 0 aromatic carbocycles. The maximum atomic E-state index is 11.3. The number of likely N-dealkylation sites (N-methyl/N-ethyl adjacent to an activating group) is 1. The maximum absolute atomic E-state index is 11.3. The van der Waals surface area contributed by atoms with Crippen LogP contribution in [0.4, 0.5) is 10.7 Å². The molecule has 1 fully saturated rings. The molecule has 0 saturated carbocycles. The molecule has 1 amide bonds. The van der Waals surface area contributed by atoms with Gasteiger partial charge in [-0.3, -0.25) is 9.69 Å². The largest absolute Gasteiger partial charge is 0.492 e. The summed E-state index contributed by atoms with van der Waals surface area (Å²) in [6.45, 7) is 6.07. The van der Waals surface area contributed by atoms with Gasteiger partial charge in [0, 0.05) is 39.3 Å². The third-order valence-electron chi connectivity index (χ3n) is 3.64. The van der Waals surface area contributed by atoms with E-state index < -0.39 is 5.91 Å². The second-order valence-electron chi connectivity index (χ2n) is 5.14. The Morgan fingerprint density at radius 1 is 1.38 bits per heavy atom. The van der Waals surface area contributed by atoms with Gasteiger partial charge in [-0.05, 0) is 7.05 Å². The number of primary amides is 1. The van der Waals surface area contributed by atoms with Crippen LogP contribution < -0.4 is 21.5 Å². The number of piperazine rings is 1. The Hall–Kier alpha value is -1.51. The highest BCUT2D eigenvalue weighted by Gasteiger charge is 2.20. The first-order valence-electron chi connectivity index (χ1n) is 6.93. The fourth-order valence-corrected chi connectivity index (χ4v) is 3.30. The van der Waals surface area contributed by atoms with Gasteiger partial charge in [-0.2, -0.15) is 0 Å². The summed E-state index contributed by atoms with van der Waals surface area (Å²) < 4.78 is 5.26. The molecule has 7 nitrogen and oxygen atoms in total. The van der Waals surface area contributed by atoms with Crippen molar-refractivity contribution < 1.29 is 9.53 Å². The van der Waals surface area contributed by atoms with Crippen LogP contribution in [0.5, 0.6) is 5.75 Å². The minimum atomic E-state index is -0.525. The highest BCUT2D eigenvalue weighted by Crippen LogP contribution is 2.41. The molecule has 1 aliphatic rings. The third-order valence-corrected chi connectivity index (χ3v) is 4.80. The lowest BCUT2D eigenvalue weighted by molar-refractivity contribution is 0.100. The van der Waals surface area contributed by atoms with Crippen LogP contribution in [0.2, 0.25) is 0 Å². The van der Waals surface area contributed by atoms with Crippen LogP contribution in [-0.2, 0) is 0 Å². The van der Waals surface area contributed by atoms with Crippen molar-refractivity contribution in [1.82, 2.24) is 9.80 Å². The Balaban J connectivity index is 1.91. The molecule has 2 heterocycles. The molecule has 0 unspecified atom stereocenters. The number of nitrogens with two attached hydrogens (primary N) is 2. The number of thiophene rings is 1. The van der Waals surface area contributed by atoms with Gasteiger partial charge in [-0.1, -0.05) is 0 Å². The van der Waals surface area contributed by atoms with Gasteiger partial charge in [0.2, 0.25) is 0 Å². The number of methoxy groups -OCH3 is 1. The number of hydrogen-bond donors (Lipinski definition) is 3. The summed E-state index contributed by atoms with van der Waals surface area (Å²) in [6, 6.07) is 0. The van der Waals surface area contributed by atoms with E-state index in [4.69, 9.17) is 16.2 Å². The van der Waals surface area contributed by atoms with E-state index in [1.165, 1.54) is 18.4 Å². The van der Waals surface area contributed by atoms with E-state index in [9.17, 15) is 4.79 Å². The first kappa shape index (κ1) is 15.9. The van der Waals surface area contributed by atoms with E-state index in [0.29, 0.717) is 16.3 Å². The van der Waals surface area contributed by atoms with Crippen molar-refractivity contribution in [3.05, 3.63) is 4.88 Å². The zero-order chi connectivity index (χ0) is 15.4. The van der Waals surface area contributed by atoms with Crippen LogP contribution in [0.1, 0.15) is 9.67 Å². The van der Waals surface area contributed by atoms with Crippen molar-refractivity contribution in [2.45, 2.75) is 0 Å². The van der Waals surface area contributed by atoms with Crippen LogP contribution in [0, 0.1) is 0 Å². The number of ether oxygens (including phenoxy) is 1. The van der Waals surface area contributed by atoms with Crippen molar-refractivity contribution >= 4 is 27.9 Å². The number of hydrogen-bond acceptors (Lipinski definition) is 7. The summed E-state index contributed by atoms with van der Waals surface area (Å²) in [5.74, 6) is -0.0184. The quantitative estimate of drug-likeness (QED) is 0.689. The van der Waals surface area contributed by atoms with Crippen molar-refractivity contribution in [3.63, 3.8) is 0 Å². The normalized spacial score (nSPS) is 16.9. The predicted octanol–water partition coefficient (Wildman–Crippen LogP) is 0.0971. The van der Waals surface area contributed by atoms with Gasteiger partial charge < -0.3 is 26.4 Å². The maximum Gasteiger partial charge on any atom is 0.261 e. The Labute approximate surface area is 128 Å². The molecule has 2 rings (SSSR count). The molecular weight excluding hydrogens is 290 g/mol. The fraction of sp³-hybridized carbons (Fsp3) is 0.615.